The quantitative estimate of drug-likeness (QED) is 0.736. The molecule has 0 bridgehead atoms. The van der Waals surface area contributed by atoms with Gasteiger partial charge in [-0.3, -0.25) is 14.5 Å². The number of likely N-dealkylation sites (N-methyl/N-ethyl adjacent to an activating group) is 1. The molecule has 0 saturated carbocycles. The molecule has 1 amide bonds. The van der Waals surface area contributed by atoms with Crippen molar-refractivity contribution in [3.63, 3.8) is 0 Å². The van der Waals surface area contributed by atoms with Crippen molar-refractivity contribution in [1.82, 2.24) is 4.90 Å². The molecule has 0 radical (unpaired) electrons. The zero-order valence-electron chi connectivity index (χ0n) is 12.7. The van der Waals surface area contributed by atoms with E-state index in [1.165, 1.54) is 0 Å². The molecule has 1 rings (SSSR count). The summed E-state index contributed by atoms with van der Waals surface area (Å²) in [4.78, 5) is 24.9. The molecule has 1 aromatic carbocycles. The number of nitrogens with zero attached hydrogens (tertiary/aromatic N) is 1. The predicted molar refractivity (Wildman–Crippen MR) is 80.4 cm³/mol. The van der Waals surface area contributed by atoms with Crippen LogP contribution in [-0.2, 0) is 14.3 Å². The summed E-state index contributed by atoms with van der Waals surface area (Å²) in [5.74, 6) is 0.195. The van der Waals surface area contributed by atoms with Crippen LogP contribution in [0.15, 0.2) is 24.3 Å². The molecule has 1 N–H and O–H groups in total. The van der Waals surface area contributed by atoms with Crippen LogP contribution < -0.4 is 10.1 Å². The molecule has 0 aliphatic rings. The van der Waals surface area contributed by atoms with Crippen molar-refractivity contribution in [2.24, 2.45) is 0 Å². The van der Waals surface area contributed by atoms with Gasteiger partial charge in [0.1, 0.15) is 5.75 Å². The van der Waals surface area contributed by atoms with Crippen molar-refractivity contribution >= 4 is 17.6 Å². The second-order valence-corrected chi connectivity index (χ2v) is 4.54. The zero-order chi connectivity index (χ0) is 15.7. The predicted octanol–water partition coefficient (Wildman–Crippen LogP) is 1.52. The normalized spacial score (nSPS) is 10.3. The highest BCUT2D eigenvalue weighted by atomic mass is 16.5. The van der Waals surface area contributed by atoms with Crippen LogP contribution in [0, 0.1) is 0 Å². The van der Waals surface area contributed by atoms with Gasteiger partial charge in [-0.15, -0.1) is 0 Å². The molecule has 1 aromatic rings. The summed E-state index contributed by atoms with van der Waals surface area (Å²) in [6, 6.07) is 7.21. The summed E-state index contributed by atoms with van der Waals surface area (Å²) in [5.41, 5.74) is 0.629. The first kappa shape index (κ1) is 17.0. The molecule has 0 aliphatic carbocycles. The number of nitrogens with one attached hydrogen (secondary N) is 1. The molecule has 0 spiro atoms. The number of esters is 1. The number of hydrogen-bond donors (Lipinski definition) is 1. The SMILES string of the molecule is CCOC(=O)CCN(C)CC(=O)Nc1ccccc1OC. The maximum atomic E-state index is 11.9. The second kappa shape index (κ2) is 8.97. The van der Waals surface area contributed by atoms with E-state index >= 15 is 0 Å². The van der Waals surface area contributed by atoms with Gasteiger partial charge in [-0.1, -0.05) is 12.1 Å². The zero-order valence-corrected chi connectivity index (χ0v) is 12.7. The smallest absolute Gasteiger partial charge is 0.307 e. The number of carbonyl (C=O) groups is 2. The first-order chi connectivity index (χ1) is 10.1. The van der Waals surface area contributed by atoms with Gasteiger partial charge in [-0.05, 0) is 26.1 Å². The lowest BCUT2D eigenvalue weighted by Gasteiger charge is -2.16. The van der Waals surface area contributed by atoms with E-state index in [4.69, 9.17) is 9.47 Å². The fourth-order valence-corrected chi connectivity index (χ4v) is 1.78. The van der Waals surface area contributed by atoms with E-state index in [1.54, 1.807) is 38.1 Å². The average molecular weight is 294 g/mol. The third-order valence-corrected chi connectivity index (χ3v) is 2.80. The van der Waals surface area contributed by atoms with E-state index in [-0.39, 0.29) is 24.8 Å². The Morgan fingerprint density at radius 2 is 2.00 bits per heavy atom. The molecule has 0 heterocycles. The molecule has 0 aromatic heterocycles. The number of carbonyl (C=O) groups excluding carboxylic acids is 2. The lowest BCUT2D eigenvalue weighted by Crippen LogP contribution is -2.32. The van der Waals surface area contributed by atoms with E-state index in [9.17, 15) is 9.59 Å². The number of methoxy groups -OCH3 is 1. The maximum absolute atomic E-state index is 11.9. The number of benzene rings is 1. The van der Waals surface area contributed by atoms with Crippen LogP contribution in [-0.4, -0.2) is 50.6 Å². The van der Waals surface area contributed by atoms with Crippen molar-refractivity contribution in [1.29, 1.82) is 0 Å². The van der Waals surface area contributed by atoms with Crippen LogP contribution in [0.25, 0.3) is 0 Å². The maximum Gasteiger partial charge on any atom is 0.307 e. The fraction of sp³-hybridized carbons (Fsp3) is 0.467. The van der Waals surface area contributed by atoms with E-state index in [2.05, 4.69) is 5.32 Å². The highest BCUT2D eigenvalue weighted by Gasteiger charge is 2.11. The van der Waals surface area contributed by atoms with Crippen molar-refractivity contribution in [3.8, 4) is 5.75 Å². The number of hydrogen-bond acceptors (Lipinski definition) is 5. The van der Waals surface area contributed by atoms with Gasteiger partial charge in [0, 0.05) is 6.54 Å². The highest BCUT2D eigenvalue weighted by Crippen LogP contribution is 2.22. The van der Waals surface area contributed by atoms with E-state index in [0.29, 0.717) is 24.6 Å². The van der Waals surface area contributed by atoms with Crippen molar-refractivity contribution in [2.45, 2.75) is 13.3 Å². The van der Waals surface area contributed by atoms with Gasteiger partial charge >= 0.3 is 5.97 Å². The van der Waals surface area contributed by atoms with E-state index in [1.807, 2.05) is 12.1 Å². The number of amides is 1. The topological polar surface area (TPSA) is 67.9 Å². The molecular weight excluding hydrogens is 272 g/mol. The minimum Gasteiger partial charge on any atom is -0.495 e. The number of para-hydroxylation sites is 2. The number of anilines is 1. The van der Waals surface area contributed by atoms with Crippen molar-refractivity contribution in [2.75, 3.05) is 39.2 Å². The Morgan fingerprint density at radius 3 is 2.67 bits per heavy atom. The van der Waals surface area contributed by atoms with E-state index in [0.717, 1.165) is 0 Å². The van der Waals surface area contributed by atoms with Crippen molar-refractivity contribution < 1.29 is 19.1 Å². The molecule has 0 aliphatic heterocycles. The minimum absolute atomic E-state index is 0.161. The first-order valence-corrected chi connectivity index (χ1v) is 6.83. The van der Waals surface area contributed by atoms with Crippen LogP contribution in [0.5, 0.6) is 5.75 Å². The van der Waals surface area contributed by atoms with Crippen LogP contribution in [0.1, 0.15) is 13.3 Å². The molecule has 6 heteroatoms. The highest BCUT2D eigenvalue weighted by molar-refractivity contribution is 5.93. The van der Waals surface area contributed by atoms with Crippen LogP contribution >= 0.6 is 0 Å². The molecule has 0 unspecified atom stereocenters. The largest absolute Gasteiger partial charge is 0.495 e. The standard InChI is InChI=1S/C15H22N2O4/c1-4-21-15(19)9-10-17(2)11-14(18)16-12-7-5-6-8-13(12)20-3/h5-8H,4,9-11H2,1-3H3,(H,16,18). The third-order valence-electron chi connectivity index (χ3n) is 2.80. The molecule has 0 fully saturated rings. The summed E-state index contributed by atoms with van der Waals surface area (Å²) in [7, 11) is 3.33. The van der Waals surface area contributed by atoms with Gasteiger partial charge in [0.2, 0.25) is 5.91 Å². The Morgan fingerprint density at radius 1 is 1.29 bits per heavy atom. The molecule has 21 heavy (non-hydrogen) atoms. The molecular formula is C15H22N2O4. The Kier molecular flexibility index (Phi) is 7.25. The Labute approximate surface area is 125 Å². The monoisotopic (exact) mass is 294 g/mol. The van der Waals surface area contributed by atoms with Gasteiger partial charge in [0.05, 0.1) is 32.4 Å². The molecule has 116 valence electrons. The molecule has 0 saturated heterocycles. The molecule has 6 nitrogen and oxygen atoms in total. The van der Waals surface area contributed by atoms with Crippen LogP contribution in [0.2, 0.25) is 0 Å². The first-order valence-electron chi connectivity index (χ1n) is 6.83. The minimum atomic E-state index is -0.255. The Bertz CT molecular complexity index is 476. The fourth-order valence-electron chi connectivity index (χ4n) is 1.78. The summed E-state index contributed by atoms with van der Waals surface area (Å²) >= 11 is 0. The lowest BCUT2D eigenvalue weighted by molar-refractivity contribution is -0.143. The van der Waals surface area contributed by atoms with Crippen LogP contribution in [0.4, 0.5) is 5.69 Å². The summed E-state index contributed by atoms with van der Waals surface area (Å²) < 4.78 is 10.0. The van der Waals surface area contributed by atoms with Gasteiger partial charge < -0.3 is 14.8 Å². The molecule has 0 atom stereocenters. The second-order valence-electron chi connectivity index (χ2n) is 4.54. The Hall–Kier alpha value is -2.08. The average Bonchev–Trinajstić information content (AvgIpc) is 2.46. The van der Waals surface area contributed by atoms with Gasteiger partial charge in [-0.2, -0.15) is 0 Å². The lowest BCUT2D eigenvalue weighted by atomic mass is 10.3. The van der Waals surface area contributed by atoms with Crippen LogP contribution in [0.3, 0.4) is 0 Å². The van der Waals surface area contributed by atoms with Crippen molar-refractivity contribution in [3.05, 3.63) is 24.3 Å². The Balaban J connectivity index is 2.41. The van der Waals surface area contributed by atoms with Gasteiger partial charge in [-0.25, -0.2) is 0 Å². The summed E-state index contributed by atoms with van der Waals surface area (Å²) in [5, 5.41) is 2.78. The number of ether oxygens (including phenoxy) is 2. The van der Waals surface area contributed by atoms with Gasteiger partial charge in [0.15, 0.2) is 0 Å². The van der Waals surface area contributed by atoms with E-state index < -0.39 is 0 Å². The van der Waals surface area contributed by atoms with Gasteiger partial charge in [0.25, 0.3) is 0 Å². The summed E-state index contributed by atoms with van der Waals surface area (Å²) in [6.07, 6.45) is 0.270. The number of rotatable bonds is 8. The third kappa shape index (κ3) is 6.27. The summed E-state index contributed by atoms with van der Waals surface area (Å²) in [6.45, 7) is 2.80.